The van der Waals surface area contributed by atoms with Crippen molar-refractivity contribution < 1.29 is 42.7 Å². The Kier molecular flexibility index (Phi) is 49.6. The van der Waals surface area contributed by atoms with E-state index in [9.17, 15) is 19.0 Å². The summed E-state index contributed by atoms with van der Waals surface area (Å²) in [6.45, 7) is 3.95. The molecular formula is C54H106NO9P. The number of allylic oxidation sites excluding steroid dienone is 2. The number of carboxylic acid groups (broad SMARTS) is 1. The molecule has 0 fully saturated rings. The monoisotopic (exact) mass is 944 g/mol. The van der Waals surface area contributed by atoms with E-state index in [2.05, 4.69) is 26.0 Å². The molecule has 0 bridgehead atoms. The lowest BCUT2D eigenvalue weighted by atomic mass is 10.0. The minimum absolute atomic E-state index is 0.0230. The molecule has 0 aliphatic carbocycles. The van der Waals surface area contributed by atoms with Crippen molar-refractivity contribution in [3.05, 3.63) is 12.2 Å². The quantitative estimate of drug-likeness (QED) is 0.0232. The van der Waals surface area contributed by atoms with Crippen LogP contribution in [0, 0.1) is 0 Å². The molecule has 0 aromatic heterocycles. The average molecular weight is 944 g/mol. The number of unbranched alkanes of at least 4 members (excludes halogenated alkanes) is 38. The second kappa shape index (κ2) is 50.6. The first-order valence-electron chi connectivity index (χ1n) is 27.7. The van der Waals surface area contributed by atoms with Gasteiger partial charge < -0.3 is 25.2 Å². The van der Waals surface area contributed by atoms with Crippen LogP contribution in [0.25, 0.3) is 0 Å². The first-order chi connectivity index (χ1) is 31.7. The maximum atomic E-state index is 12.7. The van der Waals surface area contributed by atoms with Gasteiger partial charge in [-0.05, 0) is 38.5 Å². The van der Waals surface area contributed by atoms with E-state index >= 15 is 0 Å². The summed E-state index contributed by atoms with van der Waals surface area (Å²) in [5.41, 5.74) is 5.38. The van der Waals surface area contributed by atoms with Gasteiger partial charge in [-0.3, -0.25) is 18.6 Å². The van der Waals surface area contributed by atoms with Crippen molar-refractivity contribution in [3.63, 3.8) is 0 Å². The highest BCUT2D eigenvalue weighted by molar-refractivity contribution is 7.47. The molecule has 4 N–H and O–H groups in total. The number of carbonyl (C=O) groups excluding carboxylic acids is 1. The van der Waals surface area contributed by atoms with Crippen LogP contribution in [0.5, 0.6) is 0 Å². The summed E-state index contributed by atoms with van der Waals surface area (Å²) in [5, 5.41) is 8.94. The smallest absolute Gasteiger partial charge is 0.472 e. The number of ether oxygens (including phenoxy) is 2. The molecule has 0 spiro atoms. The van der Waals surface area contributed by atoms with Gasteiger partial charge >= 0.3 is 19.8 Å². The Morgan fingerprint density at radius 2 is 0.800 bits per heavy atom. The summed E-state index contributed by atoms with van der Waals surface area (Å²) in [7, 11) is -4.62. The minimum Gasteiger partial charge on any atom is -0.480 e. The Labute approximate surface area is 401 Å². The fourth-order valence-corrected chi connectivity index (χ4v) is 9.03. The highest BCUT2D eigenvalue weighted by Crippen LogP contribution is 2.43. The van der Waals surface area contributed by atoms with Crippen LogP contribution in [0.3, 0.4) is 0 Å². The number of hydrogen-bond acceptors (Lipinski definition) is 8. The molecule has 3 unspecified atom stereocenters. The number of carboxylic acids is 1. The zero-order chi connectivity index (χ0) is 47.6. The summed E-state index contributed by atoms with van der Waals surface area (Å²) in [5.74, 6) is -1.77. The van der Waals surface area contributed by atoms with Crippen molar-refractivity contribution in [3.8, 4) is 0 Å². The number of phosphoric acid groups is 1. The Morgan fingerprint density at radius 1 is 0.477 bits per heavy atom. The van der Waals surface area contributed by atoms with Gasteiger partial charge in [-0.25, -0.2) is 4.57 Å². The average Bonchev–Trinajstić information content (AvgIpc) is 3.29. The highest BCUT2D eigenvalue weighted by Gasteiger charge is 2.27. The van der Waals surface area contributed by atoms with E-state index in [1.165, 1.54) is 218 Å². The van der Waals surface area contributed by atoms with Crippen molar-refractivity contribution in [1.82, 2.24) is 0 Å². The molecule has 0 saturated carbocycles. The molecule has 0 radical (unpaired) electrons. The SMILES string of the molecule is CCCCCCCC/C=C\CCCCCCCCCCCC(=O)OC(COCCCCCCCCCCCCCCCCCCCCCCCCCC)COP(=O)(O)OCC(N)C(=O)O. The lowest BCUT2D eigenvalue weighted by Crippen LogP contribution is -2.34. The van der Waals surface area contributed by atoms with Crippen molar-refractivity contribution in [2.24, 2.45) is 5.73 Å². The molecule has 3 atom stereocenters. The molecule has 0 rings (SSSR count). The summed E-state index contributed by atoms with van der Waals surface area (Å²) in [4.78, 5) is 33.7. The van der Waals surface area contributed by atoms with Crippen LogP contribution in [0.4, 0.5) is 0 Å². The van der Waals surface area contributed by atoms with Gasteiger partial charge in [0.15, 0.2) is 0 Å². The van der Waals surface area contributed by atoms with Gasteiger partial charge in [-0.15, -0.1) is 0 Å². The van der Waals surface area contributed by atoms with E-state index in [-0.39, 0.29) is 13.0 Å². The normalized spacial score (nSPS) is 13.7. The molecular weight excluding hydrogens is 838 g/mol. The lowest BCUT2D eigenvalue weighted by Gasteiger charge is -2.20. The number of carbonyl (C=O) groups is 2. The topological polar surface area (TPSA) is 155 Å². The fraction of sp³-hybridized carbons (Fsp3) is 0.926. The first-order valence-corrected chi connectivity index (χ1v) is 29.2. The Hall–Kier alpha value is -1.29. The van der Waals surface area contributed by atoms with Crippen LogP contribution >= 0.6 is 7.82 Å². The largest absolute Gasteiger partial charge is 0.480 e. The number of aliphatic carboxylic acids is 1. The Morgan fingerprint density at radius 3 is 1.17 bits per heavy atom. The number of rotatable bonds is 54. The third kappa shape index (κ3) is 50.4. The van der Waals surface area contributed by atoms with Gasteiger partial charge in [0.25, 0.3) is 0 Å². The Bertz CT molecular complexity index is 1090. The molecule has 386 valence electrons. The predicted octanol–water partition coefficient (Wildman–Crippen LogP) is 16.4. The van der Waals surface area contributed by atoms with E-state index in [1.54, 1.807) is 0 Å². The van der Waals surface area contributed by atoms with E-state index in [0.717, 1.165) is 38.5 Å². The van der Waals surface area contributed by atoms with Gasteiger partial charge in [0, 0.05) is 13.0 Å². The van der Waals surface area contributed by atoms with Crippen molar-refractivity contribution in [2.75, 3.05) is 26.4 Å². The van der Waals surface area contributed by atoms with E-state index in [1.807, 2.05) is 0 Å². The molecule has 11 heteroatoms. The van der Waals surface area contributed by atoms with Crippen LogP contribution in [0.1, 0.15) is 284 Å². The van der Waals surface area contributed by atoms with Crippen LogP contribution in [-0.4, -0.2) is 60.5 Å². The molecule has 0 aliphatic heterocycles. The molecule has 0 aromatic carbocycles. The number of esters is 1. The second-order valence-electron chi connectivity index (χ2n) is 19.1. The molecule has 0 aromatic rings. The Balaban J connectivity index is 4.04. The fourth-order valence-electron chi connectivity index (χ4n) is 8.25. The summed E-state index contributed by atoms with van der Waals surface area (Å²) < 4.78 is 33.6. The lowest BCUT2D eigenvalue weighted by molar-refractivity contribution is -0.154. The molecule has 0 heterocycles. The van der Waals surface area contributed by atoms with E-state index in [0.29, 0.717) is 13.0 Å². The maximum absolute atomic E-state index is 12.7. The molecule has 0 saturated heterocycles. The summed E-state index contributed by atoms with van der Waals surface area (Å²) >= 11 is 0. The molecule has 0 amide bonds. The van der Waals surface area contributed by atoms with Crippen molar-refractivity contribution in [1.29, 1.82) is 0 Å². The first kappa shape index (κ1) is 63.7. The highest BCUT2D eigenvalue weighted by atomic mass is 31.2. The van der Waals surface area contributed by atoms with Crippen molar-refractivity contribution >= 4 is 19.8 Å². The van der Waals surface area contributed by atoms with Crippen LogP contribution in [0.2, 0.25) is 0 Å². The van der Waals surface area contributed by atoms with Gasteiger partial charge in [-0.2, -0.15) is 0 Å². The van der Waals surface area contributed by atoms with Gasteiger partial charge in [-0.1, -0.05) is 251 Å². The van der Waals surface area contributed by atoms with E-state index < -0.39 is 45.1 Å². The van der Waals surface area contributed by atoms with Crippen LogP contribution < -0.4 is 5.73 Å². The van der Waals surface area contributed by atoms with Gasteiger partial charge in [0.1, 0.15) is 12.1 Å². The number of nitrogens with two attached hydrogens (primary N) is 1. The molecule has 10 nitrogen and oxygen atoms in total. The maximum Gasteiger partial charge on any atom is 0.472 e. The third-order valence-electron chi connectivity index (χ3n) is 12.5. The summed E-state index contributed by atoms with van der Waals surface area (Å²) in [6, 6.07) is -1.47. The number of hydrogen-bond donors (Lipinski definition) is 3. The van der Waals surface area contributed by atoms with Crippen LogP contribution in [-0.2, 0) is 32.7 Å². The predicted molar refractivity (Wildman–Crippen MR) is 272 cm³/mol. The van der Waals surface area contributed by atoms with Crippen molar-refractivity contribution in [2.45, 2.75) is 296 Å². The molecule has 0 aliphatic rings. The summed E-state index contributed by atoms with van der Waals surface area (Å²) in [6.07, 6.45) is 57.1. The number of phosphoric ester groups is 1. The zero-order valence-electron chi connectivity index (χ0n) is 42.6. The molecule has 65 heavy (non-hydrogen) atoms. The van der Waals surface area contributed by atoms with Crippen LogP contribution in [0.15, 0.2) is 12.2 Å². The second-order valence-corrected chi connectivity index (χ2v) is 20.5. The zero-order valence-corrected chi connectivity index (χ0v) is 43.5. The van der Waals surface area contributed by atoms with E-state index in [4.69, 9.17) is 29.4 Å². The van der Waals surface area contributed by atoms with Gasteiger partial charge in [0.2, 0.25) is 0 Å². The standard InChI is InChI=1S/C54H106NO9P/c1-3-5-7-9-11-13-15-17-19-21-23-24-25-26-27-29-31-33-35-37-39-41-43-45-47-61-48-51(49-62-65(59,60)63-50-52(55)54(57)58)64-53(56)46-44-42-40-38-36-34-32-30-28-22-20-18-16-14-12-10-8-6-4-2/h18,20,51-52H,3-17,19,21-50,55H2,1-2H3,(H,57,58)(H,59,60)/b20-18-. The minimum atomic E-state index is -4.62. The third-order valence-corrected chi connectivity index (χ3v) is 13.5. The van der Waals surface area contributed by atoms with Gasteiger partial charge in [0.05, 0.1) is 19.8 Å².